The molecule has 1 atom stereocenters. The highest BCUT2D eigenvalue weighted by atomic mass is 35.5. The Kier molecular flexibility index (Phi) is 9.65. The van der Waals surface area contributed by atoms with Gasteiger partial charge in [0.2, 0.25) is 5.91 Å². The van der Waals surface area contributed by atoms with Crippen LogP contribution in [0.25, 0.3) is 5.69 Å². The summed E-state index contributed by atoms with van der Waals surface area (Å²) in [6.07, 6.45) is 6.27. The summed E-state index contributed by atoms with van der Waals surface area (Å²) in [6.45, 7) is 3.85. The number of amides is 2. The van der Waals surface area contributed by atoms with Gasteiger partial charge in [0.25, 0.3) is 5.91 Å². The number of ether oxygens (including phenoxy) is 1. The topological polar surface area (TPSA) is 128 Å². The zero-order valence-corrected chi connectivity index (χ0v) is 25.5. The second kappa shape index (κ2) is 13.6. The van der Waals surface area contributed by atoms with Crippen molar-refractivity contribution in [3.63, 3.8) is 0 Å². The number of hydrogen-bond donors (Lipinski definition) is 2. The zero-order valence-electron chi connectivity index (χ0n) is 23.1. The first kappa shape index (κ1) is 29.9. The van der Waals surface area contributed by atoms with Gasteiger partial charge in [-0.1, -0.05) is 35.9 Å². The minimum atomic E-state index is -0.602. The highest BCUT2D eigenvalue weighted by Gasteiger charge is 2.29. The van der Waals surface area contributed by atoms with Gasteiger partial charge in [0.05, 0.1) is 35.9 Å². The Balaban J connectivity index is 1.37. The summed E-state index contributed by atoms with van der Waals surface area (Å²) in [6, 6.07) is 10.3. The van der Waals surface area contributed by atoms with Crippen molar-refractivity contribution in [1.29, 1.82) is 0 Å². The number of fused-ring (bicyclic) bond motifs is 1. The SMILES string of the molecule is CCOC(=O)c1c(NC(=O)[C@@H](C)Sc2nnc(CNC(=O)c3ccco3)n2-c2cccc(Cl)c2)sc2c1CCCCC2. The molecule has 0 spiro atoms. The molecule has 13 heteroatoms. The van der Waals surface area contributed by atoms with Crippen LogP contribution in [-0.2, 0) is 28.9 Å². The van der Waals surface area contributed by atoms with E-state index in [1.54, 1.807) is 48.7 Å². The van der Waals surface area contributed by atoms with Crippen LogP contribution in [-0.4, -0.2) is 44.4 Å². The Hall–Kier alpha value is -3.61. The Morgan fingerprint density at radius 2 is 2.00 bits per heavy atom. The monoisotopic (exact) mass is 627 g/mol. The van der Waals surface area contributed by atoms with Crippen LogP contribution in [0.3, 0.4) is 0 Å². The summed E-state index contributed by atoms with van der Waals surface area (Å²) in [4.78, 5) is 40.0. The van der Waals surface area contributed by atoms with Crippen LogP contribution in [0.2, 0.25) is 5.02 Å². The number of rotatable bonds is 10. The number of hydrogen-bond acceptors (Lipinski definition) is 9. The predicted octanol–water partition coefficient (Wildman–Crippen LogP) is 6.07. The van der Waals surface area contributed by atoms with Crippen LogP contribution in [0.15, 0.2) is 52.2 Å². The molecule has 1 aromatic carbocycles. The minimum absolute atomic E-state index is 0.0594. The molecule has 0 aliphatic heterocycles. The third-order valence-electron chi connectivity index (χ3n) is 6.71. The number of nitrogens with zero attached hydrogens (tertiary/aromatic N) is 3. The van der Waals surface area contributed by atoms with Crippen LogP contribution in [0.4, 0.5) is 5.00 Å². The van der Waals surface area contributed by atoms with E-state index in [2.05, 4.69) is 20.8 Å². The van der Waals surface area contributed by atoms with Gasteiger partial charge in [-0.3, -0.25) is 14.2 Å². The molecule has 4 aromatic rings. The lowest BCUT2D eigenvalue weighted by atomic mass is 10.1. The molecule has 0 unspecified atom stereocenters. The molecule has 5 rings (SSSR count). The van der Waals surface area contributed by atoms with E-state index in [4.69, 9.17) is 20.8 Å². The lowest BCUT2D eigenvalue weighted by molar-refractivity contribution is -0.115. The smallest absolute Gasteiger partial charge is 0.341 e. The van der Waals surface area contributed by atoms with Gasteiger partial charge in [-0.05, 0) is 75.4 Å². The van der Waals surface area contributed by atoms with Crippen LogP contribution < -0.4 is 10.6 Å². The number of thiophene rings is 1. The fourth-order valence-electron chi connectivity index (χ4n) is 4.69. The van der Waals surface area contributed by atoms with Crippen molar-refractivity contribution >= 4 is 57.5 Å². The summed E-state index contributed by atoms with van der Waals surface area (Å²) in [5.41, 5.74) is 2.14. The number of aromatic nitrogens is 3. The molecule has 2 N–H and O–H groups in total. The molecular formula is C29H30ClN5O5S2. The molecule has 1 aliphatic rings. The van der Waals surface area contributed by atoms with E-state index in [0.717, 1.165) is 42.5 Å². The van der Waals surface area contributed by atoms with Crippen molar-refractivity contribution < 1.29 is 23.5 Å². The maximum absolute atomic E-state index is 13.5. The molecule has 3 aromatic heterocycles. The van der Waals surface area contributed by atoms with Crippen LogP contribution in [0, 0.1) is 0 Å². The van der Waals surface area contributed by atoms with Crippen LogP contribution in [0.5, 0.6) is 0 Å². The number of anilines is 1. The molecule has 0 fully saturated rings. The molecule has 0 saturated heterocycles. The standard InChI is InChI=1S/C29H30ClN5O5S2/c1-3-39-28(38)24-20-11-5-4-6-13-22(20)42-27(24)32-25(36)17(2)41-29-34-33-23(16-31-26(37)21-12-8-14-40-21)35(29)19-10-7-9-18(30)15-19/h7-10,12,14-15,17H,3-6,11,13,16H2,1-2H3,(H,31,37)(H,32,36)/t17-/m1/s1. The van der Waals surface area contributed by atoms with Crippen molar-refractivity contribution in [3.05, 3.63) is 75.3 Å². The highest BCUT2D eigenvalue weighted by molar-refractivity contribution is 8.00. The number of aryl methyl sites for hydroxylation is 1. The molecule has 3 heterocycles. The molecule has 0 radical (unpaired) electrons. The average Bonchev–Trinajstić information content (AvgIpc) is 3.68. The van der Waals surface area contributed by atoms with E-state index in [9.17, 15) is 14.4 Å². The average molecular weight is 628 g/mol. The van der Waals surface area contributed by atoms with Gasteiger partial charge >= 0.3 is 5.97 Å². The van der Waals surface area contributed by atoms with Gasteiger partial charge in [0.1, 0.15) is 5.00 Å². The molecule has 0 bridgehead atoms. The minimum Gasteiger partial charge on any atom is -0.462 e. The summed E-state index contributed by atoms with van der Waals surface area (Å²) >= 11 is 8.94. The third kappa shape index (κ3) is 6.71. The first-order valence-corrected chi connectivity index (χ1v) is 15.7. The molecule has 0 saturated carbocycles. The molecule has 1 aliphatic carbocycles. The summed E-state index contributed by atoms with van der Waals surface area (Å²) < 4.78 is 12.3. The van der Waals surface area contributed by atoms with Gasteiger partial charge in [0.15, 0.2) is 16.7 Å². The second-order valence-electron chi connectivity index (χ2n) is 9.61. The number of nitrogens with one attached hydrogen (secondary N) is 2. The van der Waals surface area contributed by atoms with E-state index in [-0.39, 0.29) is 24.8 Å². The van der Waals surface area contributed by atoms with Crippen LogP contribution in [0.1, 0.15) is 70.3 Å². The Labute approximate surface area is 256 Å². The van der Waals surface area contributed by atoms with Crippen molar-refractivity contribution in [1.82, 2.24) is 20.1 Å². The van der Waals surface area contributed by atoms with E-state index in [1.165, 1.54) is 29.4 Å². The number of benzene rings is 1. The maximum atomic E-state index is 13.5. The lowest BCUT2D eigenvalue weighted by Gasteiger charge is -2.14. The first-order valence-electron chi connectivity index (χ1n) is 13.7. The van der Waals surface area contributed by atoms with E-state index < -0.39 is 17.1 Å². The van der Waals surface area contributed by atoms with Crippen molar-refractivity contribution in [2.45, 2.75) is 62.9 Å². The number of thioether (sulfide) groups is 1. The Bertz CT molecular complexity index is 1580. The summed E-state index contributed by atoms with van der Waals surface area (Å²) in [5.74, 6) is -0.463. The maximum Gasteiger partial charge on any atom is 0.341 e. The quantitative estimate of drug-likeness (QED) is 0.123. The largest absolute Gasteiger partial charge is 0.462 e. The zero-order chi connectivity index (χ0) is 29.6. The first-order chi connectivity index (χ1) is 20.4. The third-order valence-corrected chi connectivity index (χ3v) is 9.19. The number of halogens is 1. The van der Waals surface area contributed by atoms with Gasteiger partial charge in [-0.15, -0.1) is 21.5 Å². The van der Waals surface area contributed by atoms with E-state index in [1.807, 2.05) is 6.07 Å². The van der Waals surface area contributed by atoms with Crippen LogP contribution >= 0.6 is 34.7 Å². The summed E-state index contributed by atoms with van der Waals surface area (Å²) in [5, 5.41) is 15.3. The predicted molar refractivity (Wildman–Crippen MR) is 162 cm³/mol. The lowest BCUT2D eigenvalue weighted by Crippen LogP contribution is -2.25. The molecular weight excluding hydrogens is 598 g/mol. The molecule has 2 amide bonds. The summed E-state index contributed by atoms with van der Waals surface area (Å²) in [7, 11) is 0. The number of carbonyl (C=O) groups excluding carboxylic acids is 3. The molecule has 42 heavy (non-hydrogen) atoms. The van der Waals surface area contributed by atoms with Gasteiger partial charge in [-0.25, -0.2) is 4.79 Å². The molecule has 220 valence electrons. The van der Waals surface area contributed by atoms with E-state index in [0.29, 0.717) is 32.3 Å². The van der Waals surface area contributed by atoms with E-state index >= 15 is 0 Å². The van der Waals surface area contributed by atoms with Gasteiger partial charge < -0.3 is 19.8 Å². The number of esters is 1. The number of carbonyl (C=O) groups is 3. The van der Waals surface area contributed by atoms with Gasteiger partial charge in [0, 0.05) is 9.90 Å². The van der Waals surface area contributed by atoms with Gasteiger partial charge in [-0.2, -0.15) is 0 Å². The fourth-order valence-corrected chi connectivity index (χ4v) is 7.05. The normalized spacial score (nSPS) is 13.6. The Morgan fingerprint density at radius 1 is 1.17 bits per heavy atom. The van der Waals surface area contributed by atoms with Crippen molar-refractivity contribution in [2.24, 2.45) is 0 Å². The molecule has 10 nitrogen and oxygen atoms in total. The Morgan fingerprint density at radius 3 is 2.76 bits per heavy atom. The number of furan rings is 1. The van der Waals surface area contributed by atoms with Crippen molar-refractivity contribution in [3.8, 4) is 5.69 Å². The fraction of sp³-hybridized carbons (Fsp3) is 0.345. The second-order valence-corrected chi connectivity index (χ2v) is 12.5. The van der Waals surface area contributed by atoms with Crippen molar-refractivity contribution in [2.75, 3.05) is 11.9 Å². The highest BCUT2D eigenvalue weighted by Crippen LogP contribution is 2.38.